The van der Waals surface area contributed by atoms with Gasteiger partial charge < -0.3 is 30.9 Å². The number of hydrogen-bond donors (Lipinski definition) is 5. The zero-order valence-corrected chi connectivity index (χ0v) is 21.2. The number of carbonyl (C=O) groups is 3. The van der Waals surface area contributed by atoms with Gasteiger partial charge in [0.25, 0.3) is 5.91 Å². The molecule has 1 aromatic carbocycles. The Balaban J connectivity index is 2.24. The molecule has 0 spiro atoms. The molecule has 10 nitrogen and oxygen atoms in total. The van der Waals surface area contributed by atoms with Crippen LogP contribution in [0.25, 0.3) is 11.3 Å². The molecule has 2 rings (SSSR count). The summed E-state index contributed by atoms with van der Waals surface area (Å²) in [4.78, 5) is 40.2. The monoisotopic (exact) mass is 522 g/mol. The zero-order chi connectivity index (χ0) is 25.8. The highest BCUT2D eigenvalue weighted by atomic mass is 32.2. The van der Waals surface area contributed by atoms with Gasteiger partial charge in [0, 0.05) is 23.9 Å². The van der Waals surface area contributed by atoms with Crippen molar-refractivity contribution in [3.63, 3.8) is 0 Å². The number of thiol groups is 1. The largest absolute Gasteiger partial charge is 0.480 e. The molecule has 1 heterocycles. The van der Waals surface area contributed by atoms with E-state index < -0.39 is 30.5 Å². The summed E-state index contributed by atoms with van der Waals surface area (Å²) in [5.41, 5.74) is 7.93. The van der Waals surface area contributed by atoms with Crippen molar-refractivity contribution in [1.29, 1.82) is 0 Å². The smallest absolute Gasteiger partial charge is 0.337 e. The molecule has 12 heteroatoms. The van der Waals surface area contributed by atoms with Crippen LogP contribution in [0.4, 0.5) is 5.69 Å². The van der Waals surface area contributed by atoms with Crippen LogP contribution in [0.15, 0.2) is 36.4 Å². The Labute approximate surface area is 213 Å². The molecule has 0 saturated heterocycles. The summed E-state index contributed by atoms with van der Waals surface area (Å²) in [7, 11) is 1.30. The van der Waals surface area contributed by atoms with Crippen LogP contribution in [0.3, 0.4) is 0 Å². The number of carboxylic acids is 1. The number of aliphatic carboxylic acids is 1. The number of ether oxygens (including phenoxy) is 2. The van der Waals surface area contributed by atoms with Gasteiger partial charge >= 0.3 is 11.9 Å². The Morgan fingerprint density at radius 2 is 2.03 bits per heavy atom. The maximum Gasteiger partial charge on any atom is 0.337 e. The van der Waals surface area contributed by atoms with Crippen molar-refractivity contribution in [3.8, 4) is 17.1 Å². The van der Waals surface area contributed by atoms with Gasteiger partial charge in [0.2, 0.25) is 5.88 Å². The number of carboxylic acid groups (broad SMARTS) is 1. The zero-order valence-electron chi connectivity index (χ0n) is 19.5. The van der Waals surface area contributed by atoms with Crippen LogP contribution in [0.5, 0.6) is 5.88 Å². The molecule has 5 N–H and O–H groups in total. The fourth-order valence-electron chi connectivity index (χ4n) is 2.94. The summed E-state index contributed by atoms with van der Waals surface area (Å²) in [5.74, 6) is -0.995. The molecule has 2 atom stereocenters. The first-order chi connectivity index (χ1) is 16.8. The summed E-state index contributed by atoms with van der Waals surface area (Å²) in [6.07, 6.45) is 2.15. The highest BCUT2D eigenvalue weighted by Crippen LogP contribution is 2.28. The number of carbonyl (C=O) groups excluding carboxylic acids is 2. The number of methoxy groups -OCH3 is 1. The number of aromatic nitrogens is 1. The number of esters is 1. The molecule has 1 amide bonds. The van der Waals surface area contributed by atoms with E-state index in [1.54, 1.807) is 36.4 Å². The van der Waals surface area contributed by atoms with Crippen LogP contribution in [0.1, 0.15) is 16.8 Å². The third kappa shape index (κ3) is 8.96. The molecule has 1 unspecified atom stereocenters. The summed E-state index contributed by atoms with van der Waals surface area (Å²) in [6.45, 7) is -0.0459. The standard InChI is InChI=1S/C23H30N4O6S2/c1-32-23(31)15-5-3-4-14(10-15)17-6-7-18(25-11-16(24)13-34)21(27-17)33-12-20(28)26-19(22(29)30)8-9-35-2/h3-7,10,16,19,25,34H,8-9,11-13,24H2,1-2H3,(H,26,28)(H,29,30)/t16?,19-/m0/s1. The van der Waals surface area contributed by atoms with Crippen molar-refractivity contribution in [3.05, 3.63) is 42.0 Å². The molecule has 1 aromatic heterocycles. The Morgan fingerprint density at radius 1 is 1.26 bits per heavy atom. The Morgan fingerprint density at radius 3 is 2.69 bits per heavy atom. The topological polar surface area (TPSA) is 153 Å². The molecule has 190 valence electrons. The first-order valence-electron chi connectivity index (χ1n) is 10.7. The van der Waals surface area contributed by atoms with Gasteiger partial charge in [-0.15, -0.1) is 0 Å². The van der Waals surface area contributed by atoms with Gasteiger partial charge in [-0.05, 0) is 42.7 Å². The minimum absolute atomic E-state index is 0.128. The van der Waals surface area contributed by atoms with E-state index in [4.69, 9.17) is 15.2 Å². The van der Waals surface area contributed by atoms with Gasteiger partial charge in [-0.3, -0.25) is 4.79 Å². The average molecular weight is 523 g/mol. The lowest BCUT2D eigenvalue weighted by atomic mass is 10.1. The quantitative estimate of drug-likeness (QED) is 0.184. The molecule has 35 heavy (non-hydrogen) atoms. The normalized spacial score (nSPS) is 12.3. The number of rotatable bonds is 14. The number of benzene rings is 1. The number of nitrogens with one attached hydrogen (secondary N) is 2. The molecular formula is C23H30N4O6S2. The second-order valence-corrected chi connectivity index (χ2v) is 8.82. The van der Waals surface area contributed by atoms with Crippen molar-refractivity contribution in [2.45, 2.75) is 18.5 Å². The van der Waals surface area contributed by atoms with Crippen molar-refractivity contribution in [2.75, 3.05) is 43.3 Å². The van der Waals surface area contributed by atoms with Gasteiger partial charge in [-0.1, -0.05) is 12.1 Å². The van der Waals surface area contributed by atoms with Crippen LogP contribution in [-0.4, -0.2) is 78.0 Å². The van der Waals surface area contributed by atoms with Gasteiger partial charge in [0.05, 0.1) is 24.1 Å². The molecule has 0 fully saturated rings. The van der Waals surface area contributed by atoms with E-state index in [1.807, 2.05) is 6.26 Å². The summed E-state index contributed by atoms with van der Waals surface area (Å²) in [5, 5.41) is 14.9. The predicted molar refractivity (Wildman–Crippen MR) is 139 cm³/mol. The van der Waals surface area contributed by atoms with Crippen LogP contribution < -0.4 is 21.1 Å². The number of pyridine rings is 1. The number of nitrogens with zero attached hydrogens (tertiary/aromatic N) is 1. The van der Waals surface area contributed by atoms with E-state index >= 15 is 0 Å². The maximum atomic E-state index is 12.4. The maximum absolute atomic E-state index is 12.4. The molecule has 0 bridgehead atoms. The van der Waals surface area contributed by atoms with Gasteiger partial charge in [-0.2, -0.15) is 24.4 Å². The molecule has 0 aliphatic carbocycles. The number of anilines is 1. The first kappa shape index (κ1) is 28.3. The summed E-state index contributed by atoms with van der Waals surface area (Å²) in [6, 6.07) is 8.97. The van der Waals surface area contributed by atoms with E-state index in [9.17, 15) is 19.5 Å². The number of nitrogens with two attached hydrogens (primary N) is 1. The average Bonchev–Trinajstić information content (AvgIpc) is 2.87. The number of hydrogen-bond acceptors (Lipinski definition) is 10. The van der Waals surface area contributed by atoms with Crippen molar-refractivity contribution >= 4 is 47.9 Å². The lowest BCUT2D eigenvalue weighted by Gasteiger charge is -2.17. The second-order valence-electron chi connectivity index (χ2n) is 7.47. The lowest BCUT2D eigenvalue weighted by molar-refractivity contribution is -0.142. The Hall–Kier alpha value is -2.96. The number of thioether (sulfide) groups is 1. The highest BCUT2D eigenvalue weighted by Gasteiger charge is 2.20. The fraction of sp³-hybridized carbons (Fsp3) is 0.391. The Bertz CT molecular complexity index is 1020. The summed E-state index contributed by atoms with van der Waals surface area (Å²) < 4.78 is 10.4. The molecule has 0 aliphatic heterocycles. The van der Waals surface area contributed by atoms with Crippen LogP contribution in [-0.2, 0) is 14.3 Å². The number of amides is 1. The lowest BCUT2D eigenvalue weighted by Crippen LogP contribution is -2.43. The van der Waals surface area contributed by atoms with E-state index in [-0.39, 0.29) is 11.9 Å². The van der Waals surface area contributed by atoms with E-state index in [1.165, 1.54) is 18.9 Å². The van der Waals surface area contributed by atoms with Crippen LogP contribution >= 0.6 is 24.4 Å². The highest BCUT2D eigenvalue weighted by molar-refractivity contribution is 7.98. The van der Waals surface area contributed by atoms with Crippen LogP contribution in [0.2, 0.25) is 0 Å². The van der Waals surface area contributed by atoms with E-state index in [2.05, 4.69) is 28.2 Å². The summed E-state index contributed by atoms with van der Waals surface area (Å²) >= 11 is 5.67. The minimum Gasteiger partial charge on any atom is -0.480 e. The van der Waals surface area contributed by atoms with E-state index in [0.29, 0.717) is 47.0 Å². The predicted octanol–water partition coefficient (Wildman–Crippen LogP) is 1.91. The van der Waals surface area contributed by atoms with Gasteiger partial charge in [0.15, 0.2) is 6.61 Å². The second kappa shape index (κ2) is 14.4. The molecule has 0 saturated carbocycles. The first-order valence-corrected chi connectivity index (χ1v) is 12.8. The third-order valence-electron chi connectivity index (χ3n) is 4.81. The molecule has 0 radical (unpaired) electrons. The van der Waals surface area contributed by atoms with Crippen molar-refractivity contribution in [2.24, 2.45) is 5.73 Å². The van der Waals surface area contributed by atoms with Crippen molar-refractivity contribution < 1.29 is 29.0 Å². The molecule has 0 aliphatic rings. The molecule has 2 aromatic rings. The van der Waals surface area contributed by atoms with Crippen molar-refractivity contribution in [1.82, 2.24) is 10.3 Å². The SMILES string of the molecule is COC(=O)c1cccc(-c2ccc(NCC(N)CS)c(OCC(=O)N[C@@H](CCSC)C(=O)O)n2)c1. The van der Waals surface area contributed by atoms with Crippen LogP contribution in [0, 0.1) is 0 Å². The van der Waals surface area contributed by atoms with Gasteiger partial charge in [-0.25, -0.2) is 14.6 Å². The van der Waals surface area contributed by atoms with E-state index in [0.717, 1.165) is 0 Å². The van der Waals surface area contributed by atoms with Gasteiger partial charge in [0.1, 0.15) is 6.04 Å². The third-order valence-corrected chi connectivity index (χ3v) is 5.93. The fourth-order valence-corrected chi connectivity index (χ4v) is 3.54. The Kier molecular flexibility index (Phi) is 11.7. The molecular weight excluding hydrogens is 492 g/mol. The minimum atomic E-state index is -1.11.